The van der Waals surface area contributed by atoms with E-state index in [9.17, 15) is 9.59 Å². The molecule has 148 valence electrons. The van der Waals surface area contributed by atoms with E-state index in [0.717, 1.165) is 44.3 Å². The normalized spacial score (nSPS) is 15.6. The number of carbonyl (C=O) groups excluding carboxylic acids is 1. The molecule has 3 aromatic rings. The van der Waals surface area contributed by atoms with Crippen molar-refractivity contribution in [2.45, 2.75) is 56.5 Å². The number of benzene rings is 1. The quantitative estimate of drug-likeness (QED) is 0.596. The van der Waals surface area contributed by atoms with Crippen LogP contribution in [0, 0.1) is 0 Å². The van der Waals surface area contributed by atoms with Crippen LogP contribution < -0.4 is 5.56 Å². The van der Waals surface area contributed by atoms with Crippen LogP contribution in [0.3, 0.4) is 0 Å². The molecule has 0 saturated carbocycles. The molecule has 0 bridgehead atoms. The Labute approximate surface area is 167 Å². The van der Waals surface area contributed by atoms with Gasteiger partial charge in [0, 0.05) is 19.6 Å². The number of aryl methyl sites for hydroxylation is 1. The molecule has 2 aromatic heterocycles. The van der Waals surface area contributed by atoms with Crippen LogP contribution in [0.25, 0.3) is 16.7 Å². The van der Waals surface area contributed by atoms with Crippen molar-refractivity contribution in [1.82, 2.24) is 24.1 Å². The number of hydrogen-bond acceptors (Lipinski definition) is 5. The maximum absolute atomic E-state index is 13.0. The molecule has 1 fully saturated rings. The lowest BCUT2D eigenvalue weighted by Crippen LogP contribution is -2.34. The Balaban J connectivity index is 1.78. The monoisotopic (exact) mass is 399 g/mol. The van der Waals surface area contributed by atoms with Crippen LogP contribution in [0.15, 0.2) is 34.2 Å². The summed E-state index contributed by atoms with van der Waals surface area (Å²) in [5.74, 6) is 0.684. The van der Waals surface area contributed by atoms with E-state index in [1.165, 1.54) is 11.8 Å². The summed E-state index contributed by atoms with van der Waals surface area (Å²) in [5, 5.41) is 9.72. The number of hydrogen-bond donors (Lipinski definition) is 0. The number of carbonyl (C=O) groups is 1. The van der Waals surface area contributed by atoms with E-state index in [1.54, 1.807) is 4.57 Å². The summed E-state index contributed by atoms with van der Waals surface area (Å²) in [5.41, 5.74) is 0.741. The summed E-state index contributed by atoms with van der Waals surface area (Å²) < 4.78 is 3.63. The number of unbranched alkanes of at least 4 members (excludes halogenated alkanes) is 1. The van der Waals surface area contributed by atoms with Crippen LogP contribution in [0.4, 0.5) is 0 Å². The SMILES string of the molecule is CCCCn1c(=O)c2ccccc2n2c(SC(C)C(=O)N3CCCC3)nnc12. The second kappa shape index (κ2) is 7.95. The van der Waals surface area contributed by atoms with Crippen LogP contribution in [0.1, 0.15) is 39.5 Å². The van der Waals surface area contributed by atoms with Crippen molar-refractivity contribution in [2.24, 2.45) is 0 Å². The number of thioether (sulfide) groups is 1. The number of amides is 1. The fourth-order valence-corrected chi connectivity index (χ4v) is 4.67. The second-order valence-corrected chi connectivity index (χ2v) is 8.55. The van der Waals surface area contributed by atoms with E-state index in [1.807, 2.05) is 40.5 Å². The van der Waals surface area contributed by atoms with Crippen LogP contribution >= 0.6 is 11.8 Å². The van der Waals surface area contributed by atoms with Gasteiger partial charge in [-0.15, -0.1) is 10.2 Å². The average molecular weight is 400 g/mol. The van der Waals surface area contributed by atoms with Crippen molar-refractivity contribution in [3.8, 4) is 0 Å². The third-order valence-electron chi connectivity index (χ3n) is 5.26. The zero-order chi connectivity index (χ0) is 19.7. The molecule has 28 heavy (non-hydrogen) atoms. The molecule has 7 nitrogen and oxygen atoms in total. The summed E-state index contributed by atoms with van der Waals surface area (Å²) in [6.45, 7) is 6.30. The summed E-state index contributed by atoms with van der Waals surface area (Å²) in [6.07, 6.45) is 4.03. The van der Waals surface area contributed by atoms with Gasteiger partial charge in [0.2, 0.25) is 11.7 Å². The second-order valence-electron chi connectivity index (χ2n) is 7.24. The van der Waals surface area contributed by atoms with Crippen molar-refractivity contribution in [3.63, 3.8) is 0 Å². The van der Waals surface area contributed by atoms with Crippen molar-refractivity contribution in [3.05, 3.63) is 34.6 Å². The molecular weight excluding hydrogens is 374 g/mol. The minimum Gasteiger partial charge on any atom is -0.342 e. The van der Waals surface area contributed by atoms with Gasteiger partial charge in [-0.3, -0.25) is 18.6 Å². The summed E-state index contributed by atoms with van der Waals surface area (Å²) in [4.78, 5) is 27.6. The predicted octanol–water partition coefficient (Wildman–Crippen LogP) is 2.95. The first-order chi connectivity index (χ1) is 13.6. The zero-order valence-corrected chi connectivity index (χ0v) is 17.1. The van der Waals surface area contributed by atoms with Crippen molar-refractivity contribution in [1.29, 1.82) is 0 Å². The van der Waals surface area contributed by atoms with Gasteiger partial charge in [0.15, 0.2) is 5.16 Å². The average Bonchev–Trinajstić information content (AvgIpc) is 3.38. The third kappa shape index (κ3) is 3.30. The molecule has 1 aromatic carbocycles. The van der Waals surface area contributed by atoms with E-state index in [4.69, 9.17) is 0 Å². The Morgan fingerprint density at radius 2 is 1.96 bits per heavy atom. The topological polar surface area (TPSA) is 72.5 Å². The molecule has 8 heteroatoms. The van der Waals surface area contributed by atoms with E-state index >= 15 is 0 Å². The highest BCUT2D eigenvalue weighted by molar-refractivity contribution is 8.00. The highest BCUT2D eigenvalue weighted by atomic mass is 32.2. The lowest BCUT2D eigenvalue weighted by molar-refractivity contribution is -0.129. The molecular formula is C20H25N5O2S. The summed E-state index contributed by atoms with van der Waals surface area (Å²) in [6, 6.07) is 7.53. The maximum atomic E-state index is 13.0. The van der Waals surface area contributed by atoms with Crippen LogP contribution in [0.2, 0.25) is 0 Å². The molecule has 1 aliphatic rings. The van der Waals surface area contributed by atoms with E-state index in [0.29, 0.717) is 22.9 Å². The van der Waals surface area contributed by atoms with Crippen LogP contribution in [-0.4, -0.2) is 48.3 Å². The lowest BCUT2D eigenvalue weighted by Gasteiger charge is -2.19. The predicted molar refractivity (Wildman–Crippen MR) is 111 cm³/mol. The molecule has 0 radical (unpaired) electrons. The first kappa shape index (κ1) is 19.0. The van der Waals surface area contributed by atoms with Gasteiger partial charge in [-0.25, -0.2) is 0 Å². The number of para-hydroxylation sites is 1. The van der Waals surface area contributed by atoms with Gasteiger partial charge in [0.1, 0.15) is 0 Å². The van der Waals surface area contributed by atoms with Crippen LogP contribution in [-0.2, 0) is 11.3 Å². The van der Waals surface area contributed by atoms with Gasteiger partial charge in [-0.05, 0) is 38.3 Å². The molecule has 0 N–H and O–H groups in total. The van der Waals surface area contributed by atoms with Gasteiger partial charge in [0.25, 0.3) is 5.56 Å². The minimum absolute atomic E-state index is 0.0401. The standard InChI is InChI=1S/C20H25N5O2S/c1-3-4-13-24-18(27)15-9-5-6-10-16(15)25-19(24)21-22-20(25)28-14(2)17(26)23-11-7-8-12-23/h5-6,9-10,14H,3-4,7-8,11-13H2,1-2H3. The van der Waals surface area contributed by atoms with Gasteiger partial charge in [-0.2, -0.15) is 0 Å². The van der Waals surface area contributed by atoms with Gasteiger partial charge < -0.3 is 4.90 Å². The Morgan fingerprint density at radius 3 is 2.71 bits per heavy atom. The van der Waals surface area contributed by atoms with Crippen molar-refractivity contribution >= 4 is 34.3 Å². The molecule has 1 atom stereocenters. The molecule has 1 unspecified atom stereocenters. The molecule has 0 aliphatic carbocycles. The van der Waals surface area contributed by atoms with Gasteiger partial charge in [-0.1, -0.05) is 37.2 Å². The minimum atomic E-state index is -0.250. The number of nitrogens with zero attached hydrogens (tertiary/aromatic N) is 5. The van der Waals surface area contributed by atoms with Crippen molar-refractivity contribution in [2.75, 3.05) is 13.1 Å². The fraction of sp³-hybridized carbons (Fsp3) is 0.500. The zero-order valence-electron chi connectivity index (χ0n) is 16.3. The lowest BCUT2D eigenvalue weighted by atomic mass is 10.2. The molecule has 1 saturated heterocycles. The number of aromatic nitrogens is 4. The molecule has 3 heterocycles. The molecule has 4 rings (SSSR count). The maximum Gasteiger partial charge on any atom is 0.262 e. The first-order valence-electron chi connectivity index (χ1n) is 9.94. The highest BCUT2D eigenvalue weighted by Crippen LogP contribution is 2.27. The Kier molecular flexibility index (Phi) is 5.39. The third-order valence-corrected chi connectivity index (χ3v) is 6.29. The number of rotatable bonds is 6. The number of likely N-dealkylation sites (tertiary alicyclic amines) is 1. The molecule has 1 aliphatic heterocycles. The molecule has 1 amide bonds. The summed E-state index contributed by atoms with van der Waals surface area (Å²) >= 11 is 1.41. The fourth-order valence-electron chi connectivity index (χ4n) is 3.73. The van der Waals surface area contributed by atoms with E-state index < -0.39 is 0 Å². The Hall–Kier alpha value is -2.35. The van der Waals surface area contributed by atoms with E-state index in [-0.39, 0.29) is 16.7 Å². The Morgan fingerprint density at radius 1 is 1.21 bits per heavy atom. The highest BCUT2D eigenvalue weighted by Gasteiger charge is 2.26. The Bertz CT molecular complexity index is 1070. The largest absolute Gasteiger partial charge is 0.342 e. The van der Waals surface area contributed by atoms with Crippen LogP contribution in [0.5, 0.6) is 0 Å². The van der Waals surface area contributed by atoms with E-state index in [2.05, 4.69) is 17.1 Å². The smallest absolute Gasteiger partial charge is 0.262 e. The first-order valence-corrected chi connectivity index (χ1v) is 10.8. The van der Waals surface area contributed by atoms with Crippen molar-refractivity contribution < 1.29 is 4.79 Å². The number of fused-ring (bicyclic) bond motifs is 3. The van der Waals surface area contributed by atoms with Gasteiger partial charge in [0.05, 0.1) is 16.2 Å². The molecule has 0 spiro atoms. The summed E-state index contributed by atoms with van der Waals surface area (Å²) in [7, 11) is 0. The van der Waals surface area contributed by atoms with Gasteiger partial charge >= 0.3 is 0 Å².